The molecule has 0 fully saturated rings. The van der Waals surface area contributed by atoms with Crippen LogP contribution in [0.4, 0.5) is 0 Å². The number of carbonyl (C=O) groups excluding carboxylic acids is 1. The first-order valence-electron chi connectivity index (χ1n) is 14.9. The van der Waals surface area contributed by atoms with E-state index in [9.17, 15) is 4.79 Å². The van der Waals surface area contributed by atoms with Gasteiger partial charge in [-0.1, -0.05) is 143 Å². The summed E-state index contributed by atoms with van der Waals surface area (Å²) in [5, 5.41) is 0. The lowest BCUT2D eigenvalue weighted by molar-refractivity contribution is -0.150. The van der Waals surface area contributed by atoms with E-state index in [0.29, 0.717) is 12.5 Å². The van der Waals surface area contributed by atoms with Crippen molar-refractivity contribution < 1.29 is 9.53 Å². The van der Waals surface area contributed by atoms with Gasteiger partial charge in [-0.15, -0.1) is 0 Å². The van der Waals surface area contributed by atoms with Crippen molar-refractivity contribution in [3.63, 3.8) is 0 Å². The second kappa shape index (κ2) is 25.1. The van der Waals surface area contributed by atoms with Crippen molar-refractivity contribution in [2.75, 3.05) is 6.61 Å². The maximum Gasteiger partial charge on any atom is 0.308 e. The highest BCUT2D eigenvalue weighted by atomic mass is 16.5. The van der Waals surface area contributed by atoms with Gasteiger partial charge in [0.1, 0.15) is 0 Å². The molecule has 0 amide bonds. The quantitative estimate of drug-likeness (QED) is 0.102. The number of ether oxygens (including phenoxy) is 1. The van der Waals surface area contributed by atoms with E-state index in [1.54, 1.807) is 0 Å². The van der Waals surface area contributed by atoms with Gasteiger partial charge in [-0.05, 0) is 31.6 Å². The molecule has 0 saturated heterocycles. The molecule has 0 aliphatic carbocycles. The second-order valence-electron chi connectivity index (χ2n) is 10.3. The highest BCUT2D eigenvalue weighted by Crippen LogP contribution is 2.23. The molecule has 0 spiro atoms. The van der Waals surface area contributed by atoms with E-state index in [-0.39, 0.29) is 11.9 Å². The Morgan fingerprint density at radius 1 is 0.500 bits per heavy atom. The molecule has 0 saturated carbocycles. The summed E-state index contributed by atoms with van der Waals surface area (Å²) in [7, 11) is 0. The topological polar surface area (TPSA) is 26.3 Å². The van der Waals surface area contributed by atoms with E-state index in [0.717, 1.165) is 12.8 Å². The first-order valence-corrected chi connectivity index (χ1v) is 14.9. The molecule has 0 heterocycles. The molecule has 2 nitrogen and oxygen atoms in total. The average Bonchev–Trinajstić information content (AvgIpc) is 2.80. The lowest BCUT2D eigenvalue weighted by atomic mass is 9.93. The Bertz CT molecular complexity index is 363. The van der Waals surface area contributed by atoms with E-state index in [2.05, 4.69) is 27.7 Å². The lowest BCUT2D eigenvalue weighted by Gasteiger charge is -2.20. The average molecular weight is 453 g/mol. The summed E-state index contributed by atoms with van der Waals surface area (Å²) in [6, 6.07) is 0. The largest absolute Gasteiger partial charge is 0.465 e. The van der Waals surface area contributed by atoms with Gasteiger partial charge in [0.25, 0.3) is 0 Å². The van der Waals surface area contributed by atoms with Gasteiger partial charge in [0.2, 0.25) is 0 Å². The van der Waals surface area contributed by atoms with Crippen molar-refractivity contribution in [3.8, 4) is 0 Å². The fourth-order valence-electron chi connectivity index (χ4n) is 4.70. The zero-order valence-corrected chi connectivity index (χ0v) is 22.7. The first kappa shape index (κ1) is 31.5. The summed E-state index contributed by atoms with van der Waals surface area (Å²) in [4.78, 5) is 13.0. The van der Waals surface area contributed by atoms with Crippen LogP contribution in [0.5, 0.6) is 0 Å². The van der Waals surface area contributed by atoms with Gasteiger partial charge in [-0.25, -0.2) is 0 Å². The predicted octanol–water partition coefficient (Wildman–Crippen LogP) is 10.4. The van der Waals surface area contributed by atoms with Crippen LogP contribution in [0.3, 0.4) is 0 Å². The van der Waals surface area contributed by atoms with Crippen LogP contribution in [-0.4, -0.2) is 12.6 Å². The Balaban J connectivity index is 4.47. The minimum atomic E-state index is 0.113. The molecule has 0 aliphatic rings. The van der Waals surface area contributed by atoms with Crippen molar-refractivity contribution in [1.82, 2.24) is 0 Å². The molecule has 0 rings (SSSR count). The highest BCUT2D eigenvalue weighted by Gasteiger charge is 2.21. The molecule has 1 atom stereocenters. The molecule has 32 heavy (non-hydrogen) atoms. The number of unbranched alkanes of at least 4 members (excludes halogenated alkanes) is 14. The van der Waals surface area contributed by atoms with Crippen LogP contribution in [-0.2, 0) is 9.53 Å². The Labute approximate surface area is 203 Å². The normalized spacial score (nSPS) is 12.4. The molecule has 0 N–H and O–H groups in total. The Morgan fingerprint density at radius 2 is 0.875 bits per heavy atom. The third-order valence-corrected chi connectivity index (χ3v) is 7.04. The fourth-order valence-corrected chi connectivity index (χ4v) is 4.70. The third kappa shape index (κ3) is 20.1. The fraction of sp³-hybridized carbons (Fsp3) is 0.967. The van der Waals surface area contributed by atoms with Gasteiger partial charge in [-0.3, -0.25) is 4.79 Å². The van der Waals surface area contributed by atoms with E-state index >= 15 is 0 Å². The first-order chi connectivity index (χ1) is 15.7. The Hall–Kier alpha value is -0.530. The zero-order chi connectivity index (χ0) is 23.7. The monoisotopic (exact) mass is 452 g/mol. The SMILES string of the molecule is CCCCCCCCC(CCCCCCCC)C(=O)OCC(CCCC)CCCCCC. The number of rotatable bonds is 25. The number of hydrogen-bond donors (Lipinski definition) is 0. The van der Waals surface area contributed by atoms with Gasteiger partial charge in [0, 0.05) is 0 Å². The standard InChI is InChI=1S/C30H60O2/c1-5-9-13-16-18-21-25-29(26-22-19-17-14-10-6-2)30(31)32-27-28(23-12-8-4)24-20-15-11-7-3/h28-29H,5-27H2,1-4H3. The van der Waals surface area contributed by atoms with Crippen molar-refractivity contribution in [3.05, 3.63) is 0 Å². The molecule has 1 unspecified atom stereocenters. The molecule has 2 heteroatoms. The van der Waals surface area contributed by atoms with Gasteiger partial charge >= 0.3 is 5.97 Å². The van der Waals surface area contributed by atoms with Crippen LogP contribution < -0.4 is 0 Å². The van der Waals surface area contributed by atoms with Gasteiger partial charge in [0.15, 0.2) is 0 Å². The molecular weight excluding hydrogens is 392 g/mol. The lowest BCUT2D eigenvalue weighted by Crippen LogP contribution is -2.22. The highest BCUT2D eigenvalue weighted by molar-refractivity contribution is 5.72. The smallest absolute Gasteiger partial charge is 0.308 e. The molecular formula is C30H60O2. The minimum Gasteiger partial charge on any atom is -0.465 e. The number of carbonyl (C=O) groups is 1. The van der Waals surface area contributed by atoms with E-state index in [1.807, 2.05) is 0 Å². The molecule has 0 bridgehead atoms. The summed E-state index contributed by atoms with van der Waals surface area (Å²) in [6.45, 7) is 9.73. The summed E-state index contributed by atoms with van der Waals surface area (Å²) >= 11 is 0. The zero-order valence-electron chi connectivity index (χ0n) is 22.7. The van der Waals surface area contributed by atoms with E-state index in [1.165, 1.54) is 128 Å². The van der Waals surface area contributed by atoms with Crippen LogP contribution >= 0.6 is 0 Å². The molecule has 0 aliphatic heterocycles. The maximum absolute atomic E-state index is 13.0. The van der Waals surface area contributed by atoms with Crippen LogP contribution in [0.25, 0.3) is 0 Å². The van der Waals surface area contributed by atoms with Crippen LogP contribution in [0, 0.1) is 11.8 Å². The molecule has 192 valence electrons. The van der Waals surface area contributed by atoms with Crippen molar-refractivity contribution >= 4 is 5.97 Å². The molecule has 0 radical (unpaired) electrons. The van der Waals surface area contributed by atoms with E-state index < -0.39 is 0 Å². The van der Waals surface area contributed by atoms with Crippen molar-refractivity contribution in [2.24, 2.45) is 11.8 Å². The number of esters is 1. The summed E-state index contributed by atoms with van der Waals surface area (Å²) < 4.78 is 5.97. The van der Waals surface area contributed by atoms with Gasteiger partial charge in [0.05, 0.1) is 12.5 Å². The molecule has 0 aromatic carbocycles. The second-order valence-corrected chi connectivity index (χ2v) is 10.3. The number of hydrogen-bond acceptors (Lipinski definition) is 2. The van der Waals surface area contributed by atoms with Crippen LogP contribution in [0.15, 0.2) is 0 Å². The molecule has 0 aromatic rings. The van der Waals surface area contributed by atoms with Crippen molar-refractivity contribution in [1.29, 1.82) is 0 Å². The van der Waals surface area contributed by atoms with Crippen molar-refractivity contribution in [2.45, 2.75) is 169 Å². The summed E-state index contributed by atoms with van der Waals surface area (Å²) in [6.07, 6.45) is 27.8. The van der Waals surface area contributed by atoms with E-state index in [4.69, 9.17) is 4.74 Å². The van der Waals surface area contributed by atoms with Gasteiger partial charge < -0.3 is 4.74 Å². The Kier molecular flexibility index (Phi) is 24.7. The summed E-state index contributed by atoms with van der Waals surface area (Å²) in [5.41, 5.74) is 0. The summed E-state index contributed by atoms with van der Waals surface area (Å²) in [5.74, 6) is 0.820. The Morgan fingerprint density at radius 3 is 1.38 bits per heavy atom. The van der Waals surface area contributed by atoms with Crippen LogP contribution in [0.2, 0.25) is 0 Å². The predicted molar refractivity (Wildman–Crippen MR) is 142 cm³/mol. The van der Waals surface area contributed by atoms with Gasteiger partial charge in [-0.2, -0.15) is 0 Å². The minimum absolute atomic E-state index is 0.113. The maximum atomic E-state index is 13.0. The molecule has 0 aromatic heterocycles. The third-order valence-electron chi connectivity index (χ3n) is 7.04. The van der Waals surface area contributed by atoms with Crippen LogP contribution in [0.1, 0.15) is 169 Å².